The molecule has 0 amide bonds. The van der Waals surface area contributed by atoms with Gasteiger partial charge in [-0.05, 0) is 12.8 Å². The third-order valence-corrected chi connectivity index (χ3v) is 2.56. The zero-order valence-electron chi connectivity index (χ0n) is 5.98. The molecule has 0 atom stereocenters. The van der Waals surface area contributed by atoms with Crippen molar-refractivity contribution >= 4 is 11.8 Å². The maximum atomic E-state index is 2.24. The molecule has 49 valence electrons. The molecule has 0 saturated carbocycles. The second-order valence-electron chi connectivity index (χ2n) is 1.81. The summed E-state index contributed by atoms with van der Waals surface area (Å²) in [6.07, 6.45) is 2.59. The van der Waals surface area contributed by atoms with Crippen LogP contribution in [0.15, 0.2) is 0 Å². The van der Waals surface area contributed by atoms with Gasteiger partial charge in [0.05, 0.1) is 0 Å². The minimum atomic E-state index is 0.861. The van der Waals surface area contributed by atoms with E-state index in [2.05, 4.69) is 26.5 Å². The zero-order chi connectivity index (χ0) is 6.41. The fourth-order valence-electron chi connectivity index (χ4n) is 0.674. The van der Waals surface area contributed by atoms with Gasteiger partial charge in [-0.25, -0.2) is 0 Å². The summed E-state index contributed by atoms with van der Waals surface area (Å²) >= 11 is 1.95. The highest BCUT2D eigenvalue weighted by Crippen LogP contribution is 2.19. The van der Waals surface area contributed by atoms with Gasteiger partial charge in [-0.15, -0.1) is 0 Å². The van der Waals surface area contributed by atoms with Crippen molar-refractivity contribution in [3.8, 4) is 0 Å². The van der Waals surface area contributed by atoms with Gasteiger partial charge >= 0.3 is 0 Å². The molecule has 0 aliphatic carbocycles. The van der Waals surface area contributed by atoms with Crippen molar-refractivity contribution in [2.75, 3.05) is 0 Å². The minimum Gasteiger partial charge on any atom is -0.154 e. The molecular formula is C7H15S. The van der Waals surface area contributed by atoms with Crippen molar-refractivity contribution in [2.45, 2.75) is 38.9 Å². The summed E-state index contributed by atoms with van der Waals surface area (Å²) in [5.41, 5.74) is 0. The Morgan fingerprint density at radius 3 is 2.00 bits per heavy atom. The molecule has 0 aliphatic rings. The van der Waals surface area contributed by atoms with Crippen molar-refractivity contribution in [3.63, 3.8) is 0 Å². The number of hydrogen-bond donors (Lipinski definition) is 0. The van der Waals surface area contributed by atoms with E-state index in [0.717, 1.165) is 5.25 Å². The van der Waals surface area contributed by atoms with Crippen LogP contribution in [0.5, 0.6) is 0 Å². The van der Waals surface area contributed by atoms with Crippen LogP contribution in [0.3, 0.4) is 0 Å². The molecular weight excluding hydrogens is 116 g/mol. The predicted octanol–water partition coefficient (Wildman–Crippen LogP) is 3.09. The van der Waals surface area contributed by atoms with Crippen molar-refractivity contribution in [2.24, 2.45) is 0 Å². The standard InChI is InChI=1S/C7H15S/c1-4-7(5-2)8-6-3/h6-7H,4-5H2,1-3H3. The van der Waals surface area contributed by atoms with Crippen molar-refractivity contribution in [1.29, 1.82) is 0 Å². The highest BCUT2D eigenvalue weighted by molar-refractivity contribution is 8.01. The monoisotopic (exact) mass is 131 g/mol. The lowest BCUT2D eigenvalue weighted by molar-refractivity contribution is 0.794. The molecule has 0 aromatic carbocycles. The molecule has 0 spiro atoms. The van der Waals surface area contributed by atoms with E-state index in [1.807, 2.05) is 11.8 Å². The first kappa shape index (κ1) is 8.35. The predicted molar refractivity (Wildman–Crippen MR) is 41.9 cm³/mol. The fourth-order valence-corrected chi connectivity index (χ4v) is 1.44. The van der Waals surface area contributed by atoms with Crippen LogP contribution < -0.4 is 0 Å². The first-order valence-corrected chi connectivity index (χ1v) is 4.22. The highest BCUT2D eigenvalue weighted by atomic mass is 32.2. The van der Waals surface area contributed by atoms with Crippen LogP contribution in [0.2, 0.25) is 0 Å². The van der Waals surface area contributed by atoms with E-state index in [-0.39, 0.29) is 0 Å². The first-order valence-electron chi connectivity index (χ1n) is 3.28. The molecule has 1 heteroatoms. The van der Waals surface area contributed by atoms with Gasteiger partial charge in [0.2, 0.25) is 0 Å². The molecule has 0 bridgehead atoms. The van der Waals surface area contributed by atoms with Crippen LogP contribution in [0.4, 0.5) is 0 Å². The van der Waals surface area contributed by atoms with Crippen molar-refractivity contribution in [3.05, 3.63) is 5.75 Å². The summed E-state index contributed by atoms with van der Waals surface area (Å²) < 4.78 is 0. The highest BCUT2D eigenvalue weighted by Gasteiger charge is 1.99. The Hall–Kier alpha value is 0.350. The van der Waals surface area contributed by atoms with Gasteiger partial charge in [-0.3, -0.25) is 0 Å². The Morgan fingerprint density at radius 1 is 1.38 bits per heavy atom. The van der Waals surface area contributed by atoms with E-state index in [1.54, 1.807) is 0 Å². The quantitative estimate of drug-likeness (QED) is 0.565. The average Bonchev–Trinajstić information content (AvgIpc) is 1.83. The van der Waals surface area contributed by atoms with Crippen LogP contribution in [-0.2, 0) is 0 Å². The summed E-state index contributed by atoms with van der Waals surface area (Å²) in [6.45, 7) is 6.58. The maximum absolute atomic E-state index is 2.24. The van der Waals surface area contributed by atoms with Gasteiger partial charge in [0, 0.05) is 11.0 Å². The van der Waals surface area contributed by atoms with E-state index in [9.17, 15) is 0 Å². The molecule has 0 aromatic heterocycles. The molecule has 0 saturated heterocycles. The van der Waals surface area contributed by atoms with Crippen LogP contribution in [-0.4, -0.2) is 5.25 Å². The first-order chi connectivity index (χ1) is 3.85. The Morgan fingerprint density at radius 2 is 1.88 bits per heavy atom. The zero-order valence-corrected chi connectivity index (χ0v) is 6.79. The van der Waals surface area contributed by atoms with Gasteiger partial charge in [0.15, 0.2) is 0 Å². The smallest absolute Gasteiger partial charge is 0.0138 e. The number of thioether (sulfide) groups is 1. The molecule has 8 heavy (non-hydrogen) atoms. The van der Waals surface area contributed by atoms with Crippen LogP contribution >= 0.6 is 11.8 Å². The van der Waals surface area contributed by atoms with Gasteiger partial charge in [0.1, 0.15) is 0 Å². The van der Waals surface area contributed by atoms with Crippen molar-refractivity contribution < 1.29 is 0 Å². The van der Waals surface area contributed by atoms with Gasteiger partial charge < -0.3 is 0 Å². The normalized spacial score (nSPS) is 10.5. The van der Waals surface area contributed by atoms with Crippen LogP contribution in [0, 0.1) is 5.75 Å². The molecule has 0 aliphatic heterocycles. The maximum Gasteiger partial charge on any atom is 0.0138 e. The van der Waals surface area contributed by atoms with Crippen molar-refractivity contribution in [1.82, 2.24) is 0 Å². The lowest BCUT2D eigenvalue weighted by Crippen LogP contribution is -1.95. The molecule has 1 radical (unpaired) electrons. The van der Waals surface area contributed by atoms with E-state index < -0.39 is 0 Å². The van der Waals surface area contributed by atoms with Crippen LogP contribution in [0.1, 0.15) is 33.6 Å². The number of rotatable bonds is 4. The third kappa shape index (κ3) is 3.36. The lowest BCUT2D eigenvalue weighted by atomic mass is 10.3. The second-order valence-corrected chi connectivity index (χ2v) is 3.22. The Labute approximate surface area is 57.1 Å². The van der Waals surface area contributed by atoms with E-state index in [4.69, 9.17) is 0 Å². The summed E-state index contributed by atoms with van der Waals surface area (Å²) in [5.74, 6) is 2.18. The van der Waals surface area contributed by atoms with E-state index >= 15 is 0 Å². The van der Waals surface area contributed by atoms with Gasteiger partial charge in [-0.1, -0.05) is 20.8 Å². The Balaban J connectivity index is 3.07. The minimum absolute atomic E-state index is 0.861. The Kier molecular flexibility index (Phi) is 5.73. The summed E-state index contributed by atoms with van der Waals surface area (Å²) in [5, 5.41) is 0.861. The molecule has 0 aromatic rings. The SMILES string of the molecule is C[CH]SC(CC)CC. The molecule has 0 fully saturated rings. The molecule has 0 unspecified atom stereocenters. The average molecular weight is 131 g/mol. The second kappa shape index (κ2) is 5.49. The van der Waals surface area contributed by atoms with E-state index in [1.165, 1.54) is 12.8 Å². The third-order valence-electron chi connectivity index (χ3n) is 1.24. The summed E-state index contributed by atoms with van der Waals surface area (Å²) in [6, 6.07) is 0. The molecule has 0 N–H and O–H groups in total. The molecule has 0 heterocycles. The Bertz CT molecular complexity index is 39.7. The van der Waals surface area contributed by atoms with E-state index in [0.29, 0.717) is 0 Å². The van der Waals surface area contributed by atoms with Crippen LogP contribution in [0.25, 0.3) is 0 Å². The summed E-state index contributed by atoms with van der Waals surface area (Å²) in [7, 11) is 0. The summed E-state index contributed by atoms with van der Waals surface area (Å²) in [4.78, 5) is 0. The fraction of sp³-hybridized carbons (Fsp3) is 0.857. The topological polar surface area (TPSA) is 0 Å². The number of hydrogen-bond acceptors (Lipinski definition) is 1. The lowest BCUT2D eigenvalue weighted by Gasteiger charge is -2.07. The van der Waals surface area contributed by atoms with Gasteiger partial charge in [-0.2, -0.15) is 11.8 Å². The molecule has 0 rings (SSSR count). The molecule has 0 nitrogen and oxygen atoms in total. The largest absolute Gasteiger partial charge is 0.154 e. The van der Waals surface area contributed by atoms with Gasteiger partial charge in [0.25, 0.3) is 0 Å².